The van der Waals surface area contributed by atoms with Crippen LogP contribution in [0.15, 0.2) is 0 Å². The van der Waals surface area contributed by atoms with Crippen molar-refractivity contribution in [3.63, 3.8) is 0 Å². The first kappa shape index (κ1) is 20.5. The van der Waals surface area contributed by atoms with Gasteiger partial charge in [0, 0.05) is 0 Å². The molecule has 0 aromatic carbocycles. The monoisotopic (exact) mass is 405 g/mol. The number of fused-ring (bicyclic) bond motifs is 1. The van der Waals surface area contributed by atoms with Crippen molar-refractivity contribution in [2.45, 2.75) is 93.8 Å². The van der Waals surface area contributed by atoms with Crippen LogP contribution in [0.4, 0.5) is 0 Å². The predicted molar refractivity (Wildman–Crippen MR) is 111 cm³/mol. The Balaban J connectivity index is 1.69. The zero-order valence-electron chi connectivity index (χ0n) is 16.8. The van der Waals surface area contributed by atoms with E-state index in [2.05, 4.69) is 62.7 Å². The second kappa shape index (κ2) is 7.30. The van der Waals surface area contributed by atoms with Crippen LogP contribution in [0.5, 0.6) is 0 Å². The van der Waals surface area contributed by atoms with Crippen molar-refractivity contribution in [1.82, 2.24) is 5.32 Å². The Morgan fingerprint density at radius 3 is 2.32 bits per heavy atom. The number of rotatable bonds is 4. The summed E-state index contributed by atoms with van der Waals surface area (Å²) in [5.41, 5.74) is 0. The molecular formula is C18H35NO3S2Si. The Morgan fingerprint density at radius 1 is 1.12 bits per heavy atom. The second-order valence-corrected chi connectivity index (χ2v) is 17.0. The van der Waals surface area contributed by atoms with E-state index < -0.39 is 14.1 Å². The number of hydrogen-bond donors (Lipinski definition) is 1. The molecule has 1 N–H and O–H groups in total. The minimum Gasteiger partial charge on any atom is -0.415 e. The minimum atomic E-state index is -1.76. The summed E-state index contributed by atoms with van der Waals surface area (Å²) in [4.78, 5) is 0. The molecule has 0 aromatic rings. The molecule has 4 atom stereocenters. The van der Waals surface area contributed by atoms with Gasteiger partial charge in [0.2, 0.25) is 0 Å². The van der Waals surface area contributed by atoms with Crippen LogP contribution in [-0.4, -0.2) is 61.1 Å². The lowest BCUT2D eigenvalue weighted by Crippen LogP contribution is -2.48. The third kappa shape index (κ3) is 4.44. The summed E-state index contributed by atoms with van der Waals surface area (Å²) >= 11 is 4.14. The van der Waals surface area contributed by atoms with Crippen molar-refractivity contribution in [3.05, 3.63) is 0 Å². The van der Waals surface area contributed by atoms with Crippen LogP contribution in [-0.2, 0) is 13.9 Å². The van der Waals surface area contributed by atoms with Crippen molar-refractivity contribution in [1.29, 1.82) is 0 Å². The largest absolute Gasteiger partial charge is 0.415 e. The van der Waals surface area contributed by atoms with E-state index in [-0.39, 0.29) is 23.3 Å². The van der Waals surface area contributed by atoms with Gasteiger partial charge in [0.05, 0.1) is 23.3 Å². The van der Waals surface area contributed by atoms with Gasteiger partial charge in [0.1, 0.15) is 12.2 Å². The molecule has 25 heavy (non-hydrogen) atoms. The van der Waals surface area contributed by atoms with E-state index >= 15 is 0 Å². The molecule has 3 heterocycles. The topological polar surface area (TPSA) is 39.7 Å². The smallest absolute Gasteiger partial charge is 0.192 e. The molecule has 146 valence electrons. The third-order valence-corrected chi connectivity index (χ3v) is 13.5. The van der Waals surface area contributed by atoms with E-state index in [4.69, 9.17) is 13.9 Å². The highest BCUT2D eigenvalue weighted by atomic mass is 32.2. The number of hydrogen-bond acceptors (Lipinski definition) is 6. The first-order chi connectivity index (χ1) is 11.5. The van der Waals surface area contributed by atoms with Gasteiger partial charge >= 0.3 is 0 Å². The lowest BCUT2D eigenvalue weighted by atomic mass is 10.1. The molecule has 0 aromatic heterocycles. The van der Waals surface area contributed by atoms with Gasteiger partial charge in [-0.3, -0.25) is 0 Å². The molecule has 3 saturated heterocycles. The maximum atomic E-state index is 6.52. The zero-order valence-corrected chi connectivity index (χ0v) is 19.4. The van der Waals surface area contributed by atoms with Crippen LogP contribution in [0.2, 0.25) is 18.1 Å². The van der Waals surface area contributed by atoms with Crippen LogP contribution >= 0.6 is 23.5 Å². The van der Waals surface area contributed by atoms with E-state index in [1.54, 1.807) is 0 Å². The fourth-order valence-electron chi connectivity index (χ4n) is 3.45. The lowest BCUT2D eigenvalue weighted by Gasteiger charge is -2.37. The Labute approximate surface area is 163 Å². The molecule has 0 aliphatic carbocycles. The Morgan fingerprint density at radius 2 is 1.72 bits per heavy atom. The quantitative estimate of drug-likeness (QED) is 0.711. The van der Waals surface area contributed by atoms with Crippen molar-refractivity contribution in [3.8, 4) is 0 Å². The molecule has 4 nitrogen and oxygen atoms in total. The molecule has 3 aliphatic rings. The third-order valence-electron chi connectivity index (χ3n) is 5.90. The lowest BCUT2D eigenvalue weighted by molar-refractivity contribution is -0.157. The van der Waals surface area contributed by atoms with Gasteiger partial charge in [-0.1, -0.05) is 20.8 Å². The maximum absolute atomic E-state index is 6.52. The zero-order chi connectivity index (χ0) is 18.5. The fourth-order valence-corrected chi connectivity index (χ4v) is 7.59. The molecule has 0 amide bonds. The van der Waals surface area contributed by atoms with E-state index in [9.17, 15) is 0 Å². The molecule has 3 rings (SSSR count). The highest BCUT2D eigenvalue weighted by molar-refractivity contribution is 8.17. The molecule has 0 saturated carbocycles. The first-order valence-electron chi connectivity index (χ1n) is 9.49. The number of thioether (sulfide) groups is 2. The van der Waals surface area contributed by atoms with Crippen molar-refractivity contribution in [2.24, 2.45) is 0 Å². The highest BCUT2D eigenvalue weighted by Crippen LogP contribution is 2.44. The van der Waals surface area contributed by atoms with Crippen LogP contribution in [0.1, 0.15) is 41.0 Å². The van der Waals surface area contributed by atoms with Crippen molar-refractivity contribution < 1.29 is 13.9 Å². The average molecular weight is 406 g/mol. The first-order valence-corrected chi connectivity index (χ1v) is 14.5. The summed E-state index contributed by atoms with van der Waals surface area (Å²) in [5, 5.41) is 4.06. The minimum absolute atomic E-state index is 0.0906. The van der Waals surface area contributed by atoms with Crippen LogP contribution in [0.25, 0.3) is 0 Å². The summed E-state index contributed by atoms with van der Waals surface area (Å²) in [6.07, 6.45) is 1.53. The average Bonchev–Trinajstić information content (AvgIpc) is 2.98. The normalized spacial score (nSPS) is 36.6. The molecular weight excluding hydrogens is 370 g/mol. The Kier molecular flexibility index (Phi) is 5.98. The Hall–Kier alpha value is 0.757. The standard InChI is InChI=1S/C18H35NO3S2Si/c1-17(2,3)25(6,7)20-11-12-14-15(22-18(4,5)21-14)13(19-12)16-23-9-8-10-24-16/h12-16,19H,8-11H2,1-7H3/t12-,13-,14-,15+/m1/s1. The van der Waals surface area contributed by atoms with Gasteiger partial charge in [-0.05, 0) is 49.9 Å². The summed E-state index contributed by atoms with van der Waals surface area (Å²) in [7, 11) is -1.76. The summed E-state index contributed by atoms with van der Waals surface area (Å²) in [6.45, 7) is 16.3. The molecule has 3 aliphatic heterocycles. The fraction of sp³-hybridized carbons (Fsp3) is 1.00. The second-order valence-electron chi connectivity index (χ2n) is 9.40. The Bertz CT molecular complexity index is 477. The van der Waals surface area contributed by atoms with Gasteiger partial charge in [0.25, 0.3) is 0 Å². The molecule has 7 heteroatoms. The van der Waals surface area contributed by atoms with Crippen LogP contribution in [0, 0.1) is 0 Å². The SMILES string of the molecule is CC1(C)O[C@@H]2[C@H](O1)[C@@H](CO[Si](C)(C)C(C)(C)C)N[C@H]2C1SCCCS1. The van der Waals surface area contributed by atoms with E-state index in [1.165, 1.54) is 17.9 Å². The van der Waals surface area contributed by atoms with Gasteiger partial charge in [0.15, 0.2) is 14.1 Å². The highest BCUT2D eigenvalue weighted by Gasteiger charge is 2.56. The van der Waals surface area contributed by atoms with E-state index in [1.807, 2.05) is 13.8 Å². The number of nitrogens with one attached hydrogen (secondary N) is 1. The maximum Gasteiger partial charge on any atom is 0.192 e. The van der Waals surface area contributed by atoms with E-state index in [0.717, 1.165) is 6.61 Å². The van der Waals surface area contributed by atoms with E-state index in [0.29, 0.717) is 10.6 Å². The molecule has 0 unspecified atom stereocenters. The van der Waals surface area contributed by atoms with Crippen molar-refractivity contribution >= 4 is 31.8 Å². The molecule has 0 bridgehead atoms. The van der Waals surface area contributed by atoms with Gasteiger partial charge < -0.3 is 19.2 Å². The van der Waals surface area contributed by atoms with Gasteiger partial charge in [-0.25, -0.2) is 0 Å². The number of ether oxygens (including phenoxy) is 2. The summed E-state index contributed by atoms with van der Waals surface area (Å²) in [6, 6.07) is 0.559. The summed E-state index contributed by atoms with van der Waals surface area (Å²) in [5.74, 6) is 2.01. The van der Waals surface area contributed by atoms with Gasteiger partial charge in [-0.2, -0.15) is 0 Å². The molecule has 0 radical (unpaired) electrons. The van der Waals surface area contributed by atoms with Crippen LogP contribution in [0.3, 0.4) is 0 Å². The van der Waals surface area contributed by atoms with Gasteiger partial charge in [-0.15, -0.1) is 23.5 Å². The summed E-state index contributed by atoms with van der Waals surface area (Å²) < 4.78 is 19.7. The van der Waals surface area contributed by atoms with Crippen molar-refractivity contribution in [2.75, 3.05) is 18.1 Å². The molecule has 0 spiro atoms. The van der Waals surface area contributed by atoms with Crippen LogP contribution < -0.4 is 5.32 Å². The molecule has 3 fully saturated rings. The predicted octanol–water partition coefficient (Wildman–Crippen LogP) is 4.06.